The van der Waals surface area contributed by atoms with Crippen LogP contribution in [0.25, 0.3) is 22.5 Å². The predicted octanol–water partition coefficient (Wildman–Crippen LogP) is 4.04. The highest BCUT2D eigenvalue weighted by Crippen LogP contribution is 2.27. The van der Waals surface area contributed by atoms with Crippen LogP contribution in [0.5, 0.6) is 0 Å². The van der Waals surface area contributed by atoms with Gasteiger partial charge in [-0.25, -0.2) is 9.97 Å². The van der Waals surface area contributed by atoms with Gasteiger partial charge in [-0.15, -0.1) is 0 Å². The Hall–Kier alpha value is -2.97. The molecule has 8 heteroatoms. The van der Waals surface area contributed by atoms with E-state index in [1.807, 2.05) is 66.7 Å². The summed E-state index contributed by atoms with van der Waals surface area (Å²) in [6.45, 7) is 1.76. The summed E-state index contributed by atoms with van der Waals surface area (Å²) in [5.41, 5.74) is 3.55. The van der Waals surface area contributed by atoms with Crippen LogP contribution in [0, 0.1) is 0 Å². The van der Waals surface area contributed by atoms with Gasteiger partial charge in [0, 0.05) is 11.1 Å². The number of hydrogen-bond acceptors (Lipinski definition) is 6. The first-order valence-electron chi connectivity index (χ1n) is 9.30. The fourth-order valence-corrected chi connectivity index (χ4v) is 4.24. The highest BCUT2D eigenvalue weighted by molar-refractivity contribution is 8.15. The fraction of sp³-hybridized carbons (Fsp3) is 0.136. The van der Waals surface area contributed by atoms with Gasteiger partial charge in [0.25, 0.3) is 5.91 Å². The Bertz CT molecular complexity index is 1050. The van der Waals surface area contributed by atoms with E-state index in [9.17, 15) is 9.59 Å². The molecule has 1 aliphatic heterocycles. The van der Waals surface area contributed by atoms with Crippen LogP contribution in [0.15, 0.2) is 76.9 Å². The van der Waals surface area contributed by atoms with E-state index in [1.54, 1.807) is 6.92 Å². The molecule has 0 bridgehead atoms. The molecule has 1 atom stereocenters. The van der Waals surface area contributed by atoms with Crippen molar-refractivity contribution in [2.75, 3.05) is 5.75 Å². The second kappa shape index (κ2) is 9.23. The monoisotopic (exact) mass is 434 g/mol. The topological polar surface area (TPSA) is 84.3 Å². The average Bonchev–Trinajstić information content (AvgIpc) is 3.10. The first-order chi connectivity index (χ1) is 14.6. The lowest BCUT2D eigenvalue weighted by Gasteiger charge is -2.09. The van der Waals surface area contributed by atoms with Crippen LogP contribution in [-0.2, 0) is 9.59 Å². The zero-order valence-electron chi connectivity index (χ0n) is 16.1. The van der Waals surface area contributed by atoms with Gasteiger partial charge in [-0.05, 0) is 13.0 Å². The maximum absolute atomic E-state index is 12.3. The molecule has 0 spiro atoms. The summed E-state index contributed by atoms with van der Waals surface area (Å²) in [6, 6.07) is 21.7. The summed E-state index contributed by atoms with van der Waals surface area (Å²) in [5.74, 6) is -0.355. The molecule has 0 aliphatic carbocycles. The molecule has 6 nitrogen and oxygen atoms in total. The quantitative estimate of drug-likeness (QED) is 0.482. The lowest BCUT2D eigenvalue weighted by atomic mass is 10.1. The minimum Gasteiger partial charge on any atom is -0.304 e. The number of amides is 2. The first kappa shape index (κ1) is 20.3. The number of aliphatic imine (C=N–C) groups is 1. The van der Waals surface area contributed by atoms with Crippen molar-refractivity contribution in [3.8, 4) is 22.5 Å². The van der Waals surface area contributed by atoms with Crippen molar-refractivity contribution < 1.29 is 9.59 Å². The van der Waals surface area contributed by atoms with Crippen molar-refractivity contribution in [2.24, 2.45) is 4.99 Å². The average molecular weight is 435 g/mol. The third-order valence-electron chi connectivity index (χ3n) is 4.27. The summed E-state index contributed by atoms with van der Waals surface area (Å²) in [7, 11) is 0. The molecule has 2 heterocycles. The van der Waals surface area contributed by atoms with Crippen molar-refractivity contribution in [2.45, 2.75) is 17.3 Å². The van der Waals surface area contributed by atoms with E-state index in [0.29, 0.717) is 10.3 Å². The summed E-state index contributed by atoms with van der Waals surface area (Å²) in [5, 5.41) is 3.28. The zero-order valence-corrected chi connectivity index (χ0v) is 17.7. The molecule has 30 heavy (non-hydrogen) atoms. The lowest BCUT2D eigenvalue weighted by Crippen LogP contribution is -2.29. The summed E-state index contributed by atoms with van der Waals surface area (Å²) in [6.07, 6.45) is 0. The highest BCUT2D eigenvalue weighted by Gasteiger charge is 2.25. The van der Waals surface area contributed by atoms with Crippen LogP contribution < -0.4 is 5.32 Å². The molecule has 2 amide bonds. The van der Waals surface area contributed by atoms with Gasteiger partial charge in [-0.2, -0.15) is 4.99 Å². The number of benzene rings is 2. The first-order valence-corrected chi connectivity index (χ1v) is 11.2. The molecule has 0 fully saturated rings. The summed E-state index contributed by atoms with van der Waals surface area (Å²) in [4.78, 5) is 36.9. The van der Waals surface area contributed by atoms with Crippen LogP contribution >= 0.6 is 23.5 Å². The van der Waals surface area contributed by atoms with E-state index in [-0.39, 0.29) is 22.8 Å². The number of rotatable bonds is 5. The molecule has 4 rings (SSSR count). The molecule has 2 aromatic carbocycles. The third kappa shape index (κ3) is 4.95. The second-order valence-corrected chi connectivity index (χ2v) is 8.78. The van der Waals surface area contributed by atoms with Crippen molar-refractivity contribution in [1.82, 2.24) is 15.3 Å². The minimum absolute atomic E-state index is 0.120. The van der Waals surface area contributed by atoms with Crippen molar-refractivity contribution in [3.63, 3.8) is 0 Å². The van der Waals surface area contributed by atoms with Gasteiger partial charge in [0.1, 0.15) is 0 Å². The smallest absolute Gasteiger partial charge is 0.261 e. The van der Waals surface area contributed by atoms with Gasteiger partial charge in [-0.3, -0.25) is 9.59 Å². The Morgan fingerprint density at radius 3 is 2.07 bits per heavy atom. The van der Waals surface area contributed by atoms with Crippen LogP contribution in [-0.4, -0.2) is 38.0 Å². The maximum atomic E-state index is 12.3. The number of carbonyl (C=O) groups is 2. The molecule has 1 aliphatic rings. The SMILES string of the molecule is C[C@@H]1SC(NC(=O)CSc2nc(-c3ccccc3)cc(-c3ccccc3)n2)=NC1=O. The molecule has 0 radical (unpaired) electrons. The largest absolute Gasteiger partial charge is 0.304 e. The molecule has 1 aromatic heterocycles. The number of amidine groups is 1. The van der Waals surface area contributed by atoms with E-state index in [1.165, 1.54) is 23.5 Å². The number of hydrogen-bond donors (Lipinski definition) is 1. The number of nitrogens with one attached hydrogen (secondary N) is 1. The molecule has 150 valence electrons. The van der Waals surface area contributed by atoms with E-state index in [4.69, 9.17) is 0 Å². The molecule has 3 aromatic rings. The zero-order chi connectivity index (χ0) is 20.9. The van der Waals surface area contributed by atoms with E-state index in [0.717, 1.165) is 22.5 Å². The van der Waals surface area contributed by atoms with Crippen molar-refractivity contribution in [3.05, 3.63) is 66.7 Å². The van der Waals surface area contributed by atoms with Crippen LogP contribution in [0.4, 0.5) is 0 Å². The standard InChI is InChI=1S/C22H18N4O2S2/c1-14-20(28)26-22(30-14)25-19(27)13-29-21-23-17(15-8-4-2-5-9-15)12-18(24-21)16-10-6-3-7-11-16/h2-12,14H,13H2,1H3,(H,25,26,27,28)/t14-/m0/s1. The van der Waals surface area contributed by atoms with Crippen LogP contribution in [0.3, 0.4) is 0 Å². The fourth-order valence-electron chi connectivity index (χ4n) is 2.78. The van der Waals surface area contributed by atoms with E-state index in [2.05, 4.69) is 20.3 Å². The van der Waals surface area contributed by atoms with Gasteiger partial charge in [0.05, 0.1) is 22.4 Å². The number of aromatic nitrogens is 2. The Morgan fingerprint density at radius 1 is 1.00 bits per heavy atom. The Labute approximate surface area is 182 Å². The Kier molecular flexibility index (Phi) is 6.25. The van der Waals surface area contributed by atoms with Gasteiger partial charge >= 0.3 is 0 Å². The molecular weight excluding hydrogens is 416 g/mol. The molecular formula is C22H18N4O2S2. The number of thioether (sulfide) groups is 2. The molecule has 0 saturated carbocycles. The van der Waals surface area contributed by atoms with Gasteiger partial charge in [0.2, 0.25) is 5.91 Å². The summed E-state index contributed by atoms with van der Waals surface area (Å²) < 4.78 is 0. The van der Waals surface area contributed by atoms with Gasteiger partial charge in [0.15, 0.2) is 10.3 Å². The molecule has 1 N–H and O–H groups in total. The Morgan fingerprint density at radius 2 is 1.57 bits per heavy atom. The van der Waals surface area contributed by atoms with Gasteiger partial charge < -0.3 is 5.32 Å². The van der Waals surface area contributed by atoms with Crippen molar-refractivity contribution in [1.29, 1.82) is 0 Å². The van der Waals surface area contributed by atoms with Crippen molar-refractivity contribution >= 4 is 40.5 Å². The predicted molar refractivity (Wildman–Crippen MR) is 121 cm³/mol. The lowest BCUT2D eigenvalue weighted by molar-refractivity contribution is -0.117. The number of nitrogens with zero attached hydrogens (tertiary/aromatic N) is 3. The maximum Gasteiger partial charge on any atom is 0.261 e. The van der Waals surface area contributed by atoms with Crippen LogP contribution in [0.1, 0.15) is 6.92 Å². The second-order valence-electron chi connectivity index (χ2n) is 6.51. The Balaban J connectivity index is 1.54. The van der Waals surface area contributed by atoms with E-state index >= 15 is 0 Å². The number of carbonyl (C=O) groups excluding carboxylic acids is 2. The van der Waals surface area contributed by atoms with E-state index < -0.39 is 0 Å². The minimum atomic E-state index is -0.257. The highest BCUT2D eigenvalue weighted by atomic mass is 32.2. The third-order valence-corrected chi connectivity index (χ3v) is 6.09. The van der Waals surface area contributed by atoms with Crippen LogP contribution in [0.2, 0.25) is 0 Å². The van der Waals surface area contributed by atoms with Gasteiger partial charge in [-0.1, -0.05) is 84.2 Å². The molecule has 0 unspecified atom stereocenters. The summed E-state index contributed by atoms with van der Waals surface area (Å²) >= 11 is 2.50. The molecule has 0 saturated heterocycles. The normalized spacial score (nSPS) is 15.7.